The van der Waals surface area contributed by atoms with Crippen LogP contribution < -0.4 is 15.8 Å². The molecule has 156 valence electrons. The summed E-state index contributed by atoms with van der Waals surface area (Å²) in [5.74, 6) is 0.648. The zero-order chi connectivity index (χ0) is 21.3. The number of nitrogen functional groups attached to an aromatic ring is 1. The normalized spacial score (nSPS) is 14.2. The smallest absolute Gasteiger partial charge is 0.322 e. The Kier molecular flexibility index (Phi) is 5.83. The summed E-state index contributed by atoms with van der Waals surface area (Å²) >= 11 is 12.8. The van der Waals surface area contributed by atoms with Crippen molar-refractivity contribution in [3.05, 3.63) is 57.4 Å². The first-order valence-electron chi connectivity index (χ1n) is 9.68. The van der Waals surface area contributed by atoms with Crippen LogP contribution >= 0.6 is 23.2 Å². The number of carbonyl (C=O) groups is 1. The highest BCUT2D eigenvalue weighted by atomic mass is 35.5. The number of halogens is 2. The third-order valence-corrected chi connectivity index (χ3v) is 5.42. The molecule has 0 saturated heterocycles. The van der Waals surface area contributed by atoms with Gasteiger partial charge in [0.15, 0.2) is 0 Å². The SMILES string of the molecule is CCCCOc1cc(Cl)cc(Cl)c1-c1nc(N)nc2c1CN(C(=O)NC1=CC=C1)C2. The highest BCUT2D eigenvalue weighted by Gasteiger charge is 2.31. The number of nitrogens with zero attached hydrogens (tertiary/aromatic N) is 3. The lowest BCUT2D eigenvalue weighted by Crippen LogP contribution is -2.36. The van der Waals surface area contributed by atoms with E-state index in [-0.39, 0.29) is 12.0 Å². The predicted molar refractivity (Wildman–Crippen MR) is 117 cm³/mol. The molecular weight excluding hydrogens is 425 g/mol. The summed E-state index contributed by atoms with van der Waals surface area (Å²) in [5.41, 5.74) is 9.41. The van der Waals surface area contributed by atoms with Crippen molar-refractivity contribution in [3.63, 3.8) is 0 Å². The number of unbranched alkanes of at least 4 members (excludes halogenated alkanes) is 1. The molecule has 0 radical (unpaired) electrons. The Morgan fingerprint density at radius 1 is 1.30 bits per heavy atom. The number of rotatable bonds is 6. The van der Waals surface area contributed by atoms with Gasteiger partial charge in [-0.25, -0.2) is 14.8 Å². The van der Waals surface area contributed by atoms with E-state index in [9.17, 15) is 4.79 Å². The van der Waals surface area contributed by atoms with Gasteiger partial charge in [-0.1, -0.05) is 42.6 Å². The maximum atomic E-state index is 12.6. The molecule has 1 aliphatic carbocycles. The lowest BCUT2D eigenvalue weighted by atomic mass is 10.0. The number of anilines is 1. The first-order chi connectivity index (χ1) is 14.5. The van der Waals surface area contributed by atoms with Crippen molar-refractivity contribution in [1.82, 2.24) is 20.2 Å². The number of hydrogen-bond acceptors (Lipinski definition) is 5. The van der Waals surface area contributed by atoms with E-state index < -0.39 is 0 Å². The van der Waals surface area contributed by atoms with Gasteiger partial charge < -0.3 is 20.7 Å². The summed E-state index contributed by atoms with van der Waals surface area (Å²) < 4.78 is 5.96. The van der Waals surface area contributed by atoms with E-state index in [2.05, 4.69) is 22.2 Å². The van der Waals surface area contributed by atoms with E-state index >= 15 is 0 Å². The molecule has 0 saturated carbocycles. The molecule has 2 aliphatic rings. The second kappa shape index (κ2) is 8.53. The van der Waals surface area contributed by atoms with Gasteiger partial charge in [-0.05, 0) is 30.7 Å². The van der Waals surface area contributed by atoms with E-state index in [0.717, 1.165) is 24.1 Å². The van der Waals surface area contributed by atoms with Crippen molar-refractivity contribution in [2.75, 3.05) is 12.3 Å². The Morgan fingerprint density at radius 3 is 2.80 bits per heavy atom. The molecule has 0 fully saturated rings. The molecule has 0 atom stereocenters. The number of aromatic nitrogens is 2. The number of benzene rings is 1. The Bertz CT molecular complexity index is 1070. The number of carbonyl (C=O) groups excluding carboxylic acids is 1. The number of urea groups is 1. The summed E-state index contributed by atoms with van der Waals surface area (Å²) in [6, 6.07) is 3.15. The van der Waals surface area contributed by atoms with Gasteiger partial charge in [0.25, 0.3) is 0 Å². The third-order valence-electron chi connectivity index (χ3n) is 4.90. The van der Waals surface area contributed by atoms with Crippen LogP contribution in [0.2, 0.25) is 10.0 Å². The zero-order valence-electron chi connectivity index (χ0n) is 16.4. The standard InChI is InChI=1S/C21H21Cl2N5O2/c1-2-3-7-30-17-9-12(22)8-15(23)18(17)19-14-10-28(11-16(14)26-20(24)27-19)21(29)25-13-5-4-6-13/h4-6,8-9H,2-3,7,10-11H2,1H3,(H,25,29)(H2,24,26,27). The zero-order valence-corrected chi connectivity index (χ0v) is 17.9. The fourth-order valence-corrected chi connectivity index (χ4v) is 3.89. The number of nitrogens with two attached hydrogens (primary N) is 1. The van der Waals surface area contributed by atoms with Gasteiger partial charge in [-0.3, -0.25) is 0 Å². The van der Waals surface area contributed by atoms with Gasteiger partial charge in [0, 0.05) is 16.3 Å². The fraction of sp³-hybridized carbons (Fsp3) is 0.286. The molecule has 3 N–H and O–H groups in total. The van der Waals surface area contributed by atoms with Crippen LogP contribution in [-0.4, -0.2) is 27.5 Å². The first kappa shape index (κ1) is 20.5. The monoisotopic (exact) mass is 445 g/mol. The molecule has 7 nitrogen and oxygen atoms in total. The minimum atomic E-state index is -0.213. The molecule has 30 heavy (non-hydrogen) atoms. The topological polar surface area (TPSA) is 93.4 Å². The average molecular weight is 446 g/mol. The van der Waals surface area contributed by atoms with Crippen LogP contribution in [0.5, 0.6) is 5.75 Å². The van der Waals surface area contributed by atoms with Crippen LogP contribution in [0.25, 0.3) is 11.3 Å². The Balaban J connectivity index is 1.70. The Morgan fingerprint density at radius 2 is 2.10 bits per heavy atom. The quantitative estimate of drug-likeness (QED) is 0.628. The van der Waals surface area contributed by atoms with Gasteiger partial charge >= 0.3 is 6.03 Å². The van der Waals surface area contributed by atoms with Gasteiger partial charge in [0.2, 0.25) is 5.95 Å². The minimum absolute atomic E-state index is 0.112. The number of ether oxygens (including phenoxy) is 1. The molecule has 2 heterocycles. The Hall–Kier alpha value is -2.77. The van der Waals surface area contributed by atoms with E-state index in [0.29, 0.717) is 52.4 Å². The van der Waals surface area contributed by atoms with E-state index in [4.69, 9.17) is 33.7 Å². The number of fused-ring (bicyclic) bond motifs is 1. The highest BCUT2D eigenvalue weighted by Crippen LogP contribution is 2.42. The van der Waals surface area contributed by atoms with E-state index in [1.807, 2.05) is 18.2 Å². The van der Waals surface area contributed by atoms with Gasteiger partial charge in [-0.15, -0.1) is 0 Å². The maximum Gasteiger partial charge on any atom is 0.322 e. The van der Waals surface area contributed by atoms with Crippen LogP contribution in [0.1, 0.15) is 31.0 Å². The molecule has 0 bridgehead atoms. The van der Waals surface area contributed by atoms with Gasteiger partial charge in [0.1, 0.15) is 5.75 Å². The minimum Gasteiger partial charge on any atom is -0.493 e. The molecule has 1 aromatic heterocycles. The molecule has 2 amide bonds. The van der Waals surface area contributed by atoms with Crippen molar-refractivity contribution in [2.24, 2.45) is 0 Å². The second-order valence-corrected chi connectivity index (χ2v) is 7.93. The third kappa shape index (κ3) is 4.08. The number of allylic oxidation sites excluding steroid dienone is 3. The summed E-state index contributed by atoms with van der Waals surface area (Å²) in [6.07, 6.45) is 7.41. The second-order valence-electron chi connectivity index (χ2n) is 7.09. The van der Waals surface area contributed by atoms with Gasteiger partial charge in [0.05, 0.1) is 41.7 Å². The van der Waals surface area contributed by atoms with Crippen LogP contribution in [0.15, 0.2) is 36.1 Å². The van der Waals surface area contributed by atoms with Gasteiger partial charge in [-0.2, -0.15) is 0 Å². The summed E-state index contributed by atoms with van der Waals surface area (Å²) in [4.78, 5) is 23.0. The number of nitrogens with one attached hydrogen (secondary N) is 1. The fourth-order valence-electron chi connectivity index (χ4n) is 3.32. The van der Waals surface area contributed by atoms with Crippen LogP contribution in [0, 0.1) is 0 Å². The number of hydrogen-bond donors (Lipinski definition) is 2. The molecule has 1 aromatic carbocycles. The van der Waals surface area contributed by atoms with E-state index in [1.165, 1.54) is 0 Å². The Labute approximate surface area is 184 Å². The summed E-state index contributed by atoms with van der Waals surface area (Å²) in [6.45, 7) is 3.28. The lowest BCUT2D eigenvalue weighted by molar-refractivity contribution is 0.201. The summed E-state index contributed by atoms with van der Waals surface area (Å²) in [5, 5.41) is 3.72. The highest BCUT2D eigenvalue weighted by molar-refractivity contribution is 6.37. The molecule has 1 aliphatic heterocycles. The molecular formula is C21H21Cl2N5O2. The molecule has 4 rings (SSSR count). The van der Waals surface area contributed by atoms with Crippen molar-refractivity contribution >= 4 is 35.2 Å². The molecule has 0 unspecified atom stereocenters. The van der Waals surface area contributed by atoms with Crippen LogP contribution in [0.3, 0.4) is 0 Å². The summed E-state index contributed by atoms with van der Waals surface area (Å²) in [7, 11) is 0. The number of amides is 2. The van der Waals surface area contributed by atoms with Crippen LogP contribution in [0.4, 0.5) is 10.7 Å². The van der Waals surface area contributed by atoms with Crippen molar-refractivity contribution in [3.8, 4) is 17.0 Å². The van der Waals surface area contributed by atoms with Crippen molar-refractivity contribution in [2.45, 2.75) is 32.9 Å². The molecule has 0 spiro atoms. The average Bonchev–Trinajstić information content (AvgIpc) is 3.08. The van der Waals surface area contributed by atoms with E-state index in [1.54, 1.807) is 17.0 Å². The predicted octanol–water partition coefficient (Wildman–Crippen LogP) is 4.69. The van der Waals surface area contributed by atoms with Crippen LogP contribution in [-0.2, 0) is 13.1 Å². The molecule has 9 heteroatoms. The molecule has 2 aromatic rings. The van der Waals surface area contributed by atoms with Crippen molar-refractivity contribution < 1.29 is 9.53 Å². The first-order valence-corrected chi connectivity index (χ1v) is 10.4. The largest absolute Gasteiger partial charge is 0.493 e. The van der Waals surface area contributed by atoms with Crippen molar-refractivity contribution in [1.29, 1.82) is 0 Å². The lowest BCUT2D eigenvalue weighted by Gasteiger charge is -2.18. The maximum absolute atomic E-state index is 12.6.